The van der Waals surface area contributed by atoms with Crippen molar-refractivity contribution < 1.29 is 14.0 Å². The second kappa shape index (κ2) is 7.59. The van der Waals surface area contributed by atoms with Gasteiger partial charge >= 0.3 is 0 Å². The summed E-state index contributed by atoms with van der Waals surface area (Å²) >= 11 is 0. The maximum atomic E-state index is 13.3. The molecule has 0 bridgehead atoms. The smallest absolute Gasteiger partial charge is 0.254 e. The first kappa shape index (κ1) is 17.8. The number of amides is 2. The lowest BCUT2D eigenvalue weighted by Gasteiger charge is -2.34. The van der Waals surface area contributed by atoms with Crippen molar-refractivity contribution >= 4 is 11.8 Å². The first-order chi connectivity index (χ1) is 13.6. The van der Waals surface area contributed by atoms with E-state index in [9.17, 15) is 14.0 Å². The molecule has 0 aliphatic carbocycles. The Morgan fingerprint density at radius 3 is 2.46 bits per heavy atom. The van der Waals surface area contributed by atoms with Crippen LogP contribution in [0.5, 0.6) is 0 Å². The molecule has 1 aromatic heterocycles. The second-order valence-corrected chi connectivity index (χ2v) is 6.59. The third kappa shape index (κ3) is 3.75. The molecule has 0 saturated carbocycles. The van der Waals surface area contributed by atoms with Gasteiger partial charge in [0.25, 0.3) is 5.91 Å². The Balaban J connectivity index is 1.39. The molecule has 0 spiro atoms. The molecule has 1 saturated heterocycles. The quantitative estimate of drug-likeness (QED) is 0.694. The summed E-state index contributed by atoms with van der Waals surface area (Å²) in [6, 6.07) is 13.3. The van der Waals surface area contributed by atoms with Crippen LogP contribution < -0.4 is 0 Å². The molecule has 1 fully saturated rings. The lowest BCUT2D eigenvalue weighted by molar-refractivity contribution is -0.135. The molecular weight excluding hydrogens is 361 g/mol. The lowest BCUT2D eigenvalue weighted by atomic mass is 10.1. The number of carbonyl (C=O) groups excluding carboxylic acids is 2. The van der Waals surface area contributed by atoms with Crippen molar-refractivity contribution in [3.05, 3.63) is 78.1 Å². The van der Waals surface area contributed by atoms with Crippen molar-refractivity contribution in [2.75, 3.05) is 19.6 Å². The first-order valence-electron chi connectivity index (χ1n) is 8.87. The minimum absolute atomic E-state index is 0.0152. The molecule has 2 heterocycles. The zero-order valence-electron chi connectivity index (χ0n) is 15.0. The molecule has 0 N–H and O–H groups in total. The Morgan fingerprint density at radius 2 is 1.79 bits per heavy atom. The van der Waals surface area contributed by atoms with E-state index in [1.165, 1.54) is 17.0 Å². The third-order valence-corrected chi connectivity index (χ3v) is 4.70. The summed E-state index contributed by atoms with van der Waals surface area (Å²) in [5, 5.41) is 7.51. The molecule has 1 aliphatic rings. The molecule has 0 unspecified atom stereocenters. The highest BCUT2D eigenvalue weighted by Gasteiger charge is 2.27. The molecule has 0 atom stereocenters. The summed E-state index contributed by atoms with van der Waals surface area (Å²) in [5.41, 5.74) is 2.10. The summed E-state index contributed by atoms with van der Waals surface area (Å²) in [6.07, 6.45) is 3.15. The summed E-state index contributed by atoms with van der Waals surface area (Å²) in [4.78, 5) is 28.4. The summed E-state index contributed by atoms with van der Waals surface area (Å²) < 4.78 is 15.1. The van der Waals surface area contributed by atoms with Gasteiger partial charge in [-0.15, -0.1) is 10.2 Å². The molecule has 3 aromatic rings. The number of halogens is 1. The standard InChI is InChI=1S/C20H18FN5O2/c21-17-3-1-2-15(10-17)11-24-8-9-25(12-19(24)27)20(28)16-4-6-18(7-5-16)26-13-22-23-14-26/h1-7,10,13-14H,8-9,11-12H2. The Hall–Kier alpha value is -3.55. The van der Waals surface area contributed by atoms with Gasteiger partial charge in [0.15, 0.2) is 0 Å². The van der Waals surface area contributed by atoms with E-state index in [-0.39, 0.29) is 24.2 Å². The van der Waals surface area contributed by atoms with E-state index in [4.69, 9.17) is 0 Å². The minimum atomic E-state index is -0.325. The molecular formula is C20H18FN5O2. The van der Waals surface area contributed by atoms with Gasteiger partial charge in [-0.2, -0.15) is 0 Å². The first-order valence-corrected chi connectivity index (χ1v) is 8.87. The Labute approximate surface area is 161 Å². The summed E-state index contributed by atoms with van der Waals surface area (Å²) in [7, 11) is 0. The highest BCUT2D eigenvalue weighted by Crippen LogP contribution is 2.15. The van der Waals surface area contributed by atoms with Crippen LogP contribution in [0.2, 0.25) is 0 Å². The normalized spacial score (nSPS) is 14.4. The zero-order chi connectivity index (χ0) is 19.5. The SMILES string of the molecule is O=C1CN(C(=O)c2ccc(-n3cnnc3)cc2)CCN1Cc1cccc(F)c1. The maximum absolute atomic E-state index is 13.3. The number of rotatable bonds is 4. The number of carbonyl (C=O) groups is 2. The van der Waals surface area contributed by atoms with Gasteiger partial charge < -0.3 is 9.80 Å². The average Bonchev–Trinajstić information content (AvgIpc) is 3.24. The van der Waals surface area contributed by atoms with Gasteiger partial charge in [0.2, 0.25) is 5.91 Å². The second-order valence-electron chi connectivity index (χ2n) is 6.59. The van der Waals surface area contributed by atoms with Gasteiger partial charge in [0.05, 0.1) is 0 Å². The molecule has 2 aromatic carbocycles. The highest BCUT2D eigenvalue weighted by atomic mass is 19.1. The van der Waals surface area contributed by atoms with Crippen LogP contribution in [-0.4, -0.2) is 56.0 Å². The average molecular weight is 379 g/mol. The van der Waals surface area contributed by atoms with Crippen LogP contribution in [0.3, 0.4) is 0 Å². The Kier molecular flexibility index (Phi) is 4.84. The largest absolute Gasteiger partial charge is 0.335 e. The number of hydrogen-bond donors (Lipinski definition) is 0. The number of aromatic nitrogens is 3. The minimum Gasteiger partial charge on any atom is -0.335 e. The van der Waals surface area contributed by atoms with Gasteiger partial charge in [-0.3, -0.25) is 14.2 Å². The van der Waals surface area contributed by atoms with Gasteiger partial charge in [0, 0.05) is 30.9 Å². The van der Waals surface area contributed by atoms with E-state index in [1.54, 1.807) is 58.5 Å². The van der Waals surface area contributed by atoms with E-state index in [0.29, 0.717) is 25.2 Å². The van der Waals surface area contributed by atoms with Crippen LogP contribution in [0, 0.1) is 5.82 Å². The van der Waals surface area contributed by atoms with Crippen molar-refractivity contribution in [1.82, 2.24) is 24.6 Å². The fraction of sp³-hybridized carbons (Fsp3) is 0.200. The summed E-state index contributed by atoms with van der Waals surface area (Å²) in [6.45, 7) is 1.21. The third-order valence-electron chi connectivity index (χ3n) is 4.70. The van der Waals surface area contributed by atoms with E-state index in [2.05, 4.69) is 10.2 Å². The van der Waals surface area contributed by atoms with E-state index < -0.39 is 0 Å². The maximum Gasteiger partial charge on any atom is 0.254 e. The van der Waals surface area contributed by atoms with E-state index in [1.807, 2.05) is 0 Å². The molecule has 142 valence electrons. The molecule has 28 heavy (non-hydrogen) atoms. The van der Waals surface area contributed by atoms with Gasteiger partial charge in [-0.05, 0) is 42.0 Å². The van der Waals surface area contributed by atoms with Crippen molar-refractivity contribution in [3.8, 4) is 5.69 Å². The number of piperazine rings is 1. The molecule has 4 rings (SSSR count). The van der Waals surface area contributed by atoms with E-state index in [0.717, 1.165) is 11.3 Å². The predicted octanol–water partition coefficient (Wildman–Crippen LogP) is 1.89. The molecule has 0 radical (unpaired) electrons. The van der Waals surface area contributed by atoms with Crippen LogP contribution in [0.15, 0.2) is 61.2 Å². The lowest BCUT2D eigenvalue weighted by Crippen LogP contribution is -2.51. The van der Waals surface area contributed by atoms with Gasteiger partial charge in [0.1, 0.15) is 25.0 Å². The number of benzene rings is 2. The number of hydrogen-bond acceptors (Lipinski definition) is 4. The highest BCUT2D eigenvalue weighted by molar-refractivity contribution is 5.97. The fourth-order valence-electron chi connectivity index (χ4n) is 3.20. The van der Waals surface area contributed by atoms with Crippen LogP contribution in [-0.2, 0) is 11.3 Å². The molecule has 7 nitrogen and oxygen atoms in total. The fourth-order valence-corrected chi connectivity index (χ4v) is 3.20. The monoisotopic (exact) mass is 379 g/mol. The Morgan fingerprint density at radius 1 is 1.04 bits per heavy atom. The van der Waals surface area contributed by atoms with Crippen LogP contribution in [0.1, 0.15) is 15.9 Å². The van der Waals surface area contributed by atoms with Crippen LogP contribution in [0.25, 0.3) is 5.69 Å². The van der Waals surface area contributed by atoms with Crippen molar-refractivity contribution in [2.45, 2.75) is 6.54 Å². The Bertz CT molecular complexity index is 988. The van der Waals surface area contributed by atoms with Gasteiger partial charge in [-0.1, -0.05) is 12.1 Å². The summed E-state index contributed by atoms with van der Waals surface area (Å²) in [5.74, 6) is -0.660. The zero-order valence-corrected chi connectivity index (χ0v) is 15.0. The molecule has 1 aliphatic heterocycles. The molecule has 2 amide bonds. The van der Waals surface area contributed by atoms with Crippen molar-refractivity contribution in [2.24, 2.45) is 0 Å². The van der Waals surface area contributed by atoms with Crippen molar-refractivity contribution in [3.63, 3.8) is 0 Å². The van der Waals surface area contributed by atoms with Crippen LogP contribution >= 0.6 is 0 Å². The number of nitrogens with zero attached hydrogens (tertiary/aromatic N) is 5. The molecule has 8 heteroatoms. The van der Waals surface area contributed by atoms with Gasteiger partial charge in [-0.25, -0.2) is 4.39 Å². The topological polar surface area (TPSA) is 71.3 Å². The van der Waals surface area contributed by atoms with Crippen LogP contribution in [0.4, 0.5) is 4.39 Å². The predicted molar refractivity (Wildman–Crippen MR) is 99.1 cm³/mol. The van der Waals surface area contributed by atoms with Crippen molar-refractivity contribution in [1.29, 1.82) is 0 Å². The van der Waals surface area contributed by atoms with E-state index >= 15 is 0 Å².